The van der Waals surface area contributed by atoms with Crippen LogP contribution >= 0.6 is 0 Å². The third-order valence-electron chi connectivity index (χ3n) is 5.11. The fourth-order valence-corrected chi connectivity index (χ4v) is 3.85. The summed E-state index contributed by atoms with van der Waals surface area (Å²) in [5, 5.41) is 3.82. The van der Waals surface area contributed by atoms with E-state index in [-0.39, 0.29) is 11.5 Å². The SMILES string of the molecule is CC(C)C(=O)N1CC(N(C)[C@H]2CCCC[C@@H]2NC(C)(C)C)C1. The molecule has 2 fully saturated rings. The summed E-state index contributed by atoms with van der Waals surface area (Å²) in [6.45, 7) is 12.6. The minimum atomic E-state index is 0.122. The fraction of sp³-hybridized carbons (Fsp3) is 0.944. The zero-order valence-corrected chi connectivity index (χ0v) is 15.4. The Morgan fingerprint density at radius 2 is 1.77 bits per heavy atom. The second-order valence-corrected chi connectivity index (χ2v) is 8.57. The van der Waals surface area contributed by atoms with E-state index in [1.54, 1.807) is 0 Å². The third-order valence-corrected chi connectivity index (χ3v) is 5.11. The summed E-state index contributed by atoms with van der Waals surface area (Å²) < 4.78 is 0. The smallest absolute Gasteiger partial charge is 0.225 e. The van der Waals surface area contributed by atoms with Crippen LogP contribution in [0.2, 0.25) is 0 Å². The van der Waals surface area contributed by atoms with Crippen LogP contribution in [0.3, 0.4) is 0 Å². The molecule has 1 heterocycles. The van der Waals surface area contributed by atoms with Gasteiger partial charge in [0.25, 0.3) is 0 Å². The molecule has 0 spiro atoms. The van der Waals surface area contributed by atoms with E-state index in [4.69, 9.17) is 0 Å². The Hall–Kier alpha value is -0.610. The van der Waals surface area contributed by atoms with Crippen molar-refractivity contribution in [3.63, 3.8) is 0 Å². The van der Waals surface area contributed by atoms with Crippen molar-refractivity contribution >= 4 is 5.91 Å². The van der Waals surface area contributed by atoms with Gasteiger partial charge in [-0.25, -0.2) is 0 Å². The lowest BCUT2D eigenvalue weighted by atomic mass is 9.86. The highest BCUT2D eigenvalue weighted by Gasteiger charge is 2.39. The highest BCUT2D eigenvalue weighted by molar-refractivity contribution is 5.79. The maximum atomic E-state index is 12.0. The first-order chi connectivity index (χ1) is 10.2. The van der Waals surface area contributed by atoms with Gasteiger partial charge in [0.15, 0.2) is 0 Å². The molecule has 0 aromatic rings. The van der Waals surface area contributed by atoms with Crippen LogP contribution < -0.4 is 5.32 Å². The van der Waals surface area contributed by atoms with Gasteiger partial charge in [-0.05, 0) is 40.7 Å². The van der Waals surface area contributed by atoms with Crippen molar-refractivity contribution in [3.8, 4) is 0 Å². The summed E-state index contributed by atoms with van der Waals surface area (Å²) in [4.78, 5) is 16.6. The highest BCUT2D eigenvalue weighted by atomic mass is 16.2. The number of hydrogen-bond donors (Lipinski definition) is 1. The Labute approximate surface area is 136 Å². The van der Waals surface area contributed by atoms with Gasteiger partial charge in [-0.15, -0.1) is 0 Å². The molecule has 0 bridgehead atoms. The first kappa shape index (κ1) is 17.7. The number of hydrogen-bond acceptors (Lipinski definition) is 3. The van der Waals surface area contributed by atoms with E-state index in [0.29, 0.717) is 24.0 Å². The van der Waals surface area contributed by atoms with E-state index in [9.17, 15) is 4.79 Å². The Morgan fingerprint density at radius 3 is 2.32 bits per heavy atom. The molecule has 2 rings (SSSR count). The van der Waals surface area contributed by atoms with Gasteiger partial charge in [0.1, 0.15) is 0 Å². The lowest BCUT2D eigenvalue weighted by Gasteiger charge is -2.50. The summed E-state index contributed by atoms with van der Waals surface area (Å²) in [5.74, 6) is 0.425. The van der Waals surface area contributed by atoms with Gasteiger partial charge < -0.3 is 10.2 Å². The number of likely N-dealkylation sites (tertiary alicyclic amines) is 1. The van der Waals surface area contributed by atoms with E-state index < -0.39 is 0 Å². The molecule has 128 valence electrons. The van der Waals surface area contributed by atoms with Crippen molar-refractivity contribution in [2.45, 2.75) is 84.0 Å². The second-order valence-electron chi connectivity index (χ2n) is 8.57. The predicted octanol–water partition coefficient (Wildman–Crippen LogP) is 2.48. The van der Waals surface area contributed by atoms with Gasteiger partial charge in [-0.2, -0.15) is 0 Å². The van der Waals surface area contributed by atoms with Crippen LogP contribution in [0.5, 0.6) is 0 Å². The van der Waals surface area contributed by atoms with Crippen LogP contribution in [-0.4, -0.2) is 59.5 Å². The molecule has 1 aliphatic carbocycles. The van der Waals surface area contributed by atoms with Crippen molar-refractivity contribution in [1.82, 2.24) is 15.1 Å². The molecule has 4 heteroatoms. The molecule has 2 aliphatic rings. The molecule has 1 saturated carbocycles. The maximum Gasteiger partial charge on any atom is 0.225 e. The number of nitrogens with one attached hydrogen (secondary N) is 1. The average molecular weight is 309 g/mol. The van der Waals surface area contributed by atoms with Crippen LogP contribution in [0, 0.1) is 5.92 Å². The van der Waals surface area contributed by atoms with Gasteiger partial charge in [0.05, 0.1) is 0 Å². The zero-order chi connectivity index (χ0) is 16.5. The number of carbonyl (C=O) groups is 1. The van der Waals surface area contributed by atoms with Crippen molar-refractivity contribution in [3.05, 3.63) is 0 Å². The molecule has 0 radical (unpaired) electrons. The van der Waals surface area contributed by atoms with Crippen LogP contribution in [-0.2, 0) is 4.79 Å². The van der Waals surface area contributed by atoms with Crippen molar-refractivity contribution in [1.29, 1.82) is 0 Å². The molecule has 0 unspecified atom stereocenters. The fourth-order valence-electron chi connectivity index (χ4n) is 3.85. The molecule has 22 heavy (non-hydrogen) atoms. The normalized spacial score (nSPS) is 27.4. The summed E-state index contributed by atoms with van der Waals surface area (Å²) in [5.41, 5.74) is 0.167. The lowest BCUT2D eigenvalue weighted by Crippen LogP contribution is -2.66. The largest absolute Gasteiger partial charge is 0.339 e. The number of nitrogens with zero attached hydrogens (tertiary/aromatic N) is 2. The van der Waals surface area contributed by atoms with Crippen LogP contribution in [0.15, 0.2) is 0 Å². The molecule has 0 aromatic carbocycles. The Kier molecular flexibility index (Phi) is 5.54. The molecule has 1 saturated heterocycles. The van der Waals surface area contributed by atoms with Gasteiger partial charge in [0.2, 0.25) is 5.91 Å². The van der Waals surface area contributed by atoms with Gasteiger partial charge in [-0.3, -0.25) is 9.69 Å². The molecule has 0 aromatic heterocycles. The minimum absolute atomic E-state index is 0.122. The zero-order valence-electron chi connectivity index (χ0n) is 15.4. The quantitative estimate of drug-likeness (QED) is 0.866. The Morgan fingerprint density at radius 1 is 1.18 bits per heavy atom. The first-order valence-electron chi connectivity index (χ1n) is 8.97. The predicted molar refractivity (Wildman–Crippen MR) is 91.9 cm³/mol. The van der Waals surface area contributed by atoms with Crippen molar-refractivity contribution in [2.24, 2.45) is 5.92 Å². The molecule has 4 nitrogen and oxygen atoms in total. The average Bonchev–Trinajstić information content (AvgIpc) is 2.35. The van der Waals surface area contributed by atoms with E-state index in [1.165, 1.54) is 25.7 Å². The third kappa shape index (κ3) is 4.23. The molecule has 2 atom stereocenters. The number of rotatable bonds is 4. The summed E-state index contributed by atoms with van der Waals surface area (Å²) in [6.07, 6.45) is 5.21. The van der Waals surface area contributed by atoms with Gasteiger partial charge >= 0.3 is 0 Å². The number of likely N-dealkylation sites (N-methyl/N-ethyl adjacent to an activating group) is 1. The lowest BCUT2D eigenvalue weighted by molar-refractivity contribution is -0.142. The summed E-state index contributed by atoms with van der Waals surface area (Å²) in [7, 11) is 2.26. The standard InChI is InChI=1S/C18H35N3O/c1-13(2)17(22)21-11-14(12-21)20(6)16-10-8-7-9-15(16)19-18(3,4)5/h13-16,19H,7-12H2,1-6H3/t15-,16-/m0/s1. The first-order valence-corrected chi connectivity index (χ1v) is 8.97. The van der Waals surface area contributed by atoms with Crippen molar-refractivity contribution < 1.29 is 4.79 Å². The molecule has 1 aliphatic heterocycles. The van der Waals surface area contributed by atoms with Crippen LogP contribution in [0.1, 0.15) is 60.3 Å². The molecule has 1 N–H and O–H groups in total. The van der Waals surface area contributed by atoms with Gasteiger partial charge in [0, 0.05) is 42.7 Å². The highest BCUT2D eigenvalue weighted by Crippen LogP contribution is 2.28. The van der Waals surface area contributed by atoms with Crippen LogP contribution in [0.25, 0.3) is 0 Å². The van der Waals surface area contributed by atoms with E-state index >= 15 is 0 Å². The monoisotopic (exact) mass is 309 g/mol. The Bertz CT molecular complexity index is 382. The van der Waals surface area contributed by atoms with Crippen LogP contribution in [0.4, 0.5) is 0 Å². The van der Waals surface area contributed by atoms with Gasteiger partial charge in [-0.1, -0.05) is 26.7 Å². The molecular formula is C18H35N3O. The number of carbonyl (C=O) groups excluding carboxylic acids is 1. The summed E-state index contributed by atoms with van der Waals surface area (Å²) in [6, 6.07) is 1.72. The summed E-state index contributed by atoms with van der Waals surface area (Å²) >= 11 is 0. The maximum absolute atomic E-state index is 12.0. The van der Waals surface area contributed by atoms with Crippen molar-refractivity contribution in [2.75, 3.05) is 20.1 Å². The minimum Gasteiger partial charge on any atom is -0.339 e. The van der Waals surface area contributed by atoms with E-state index in [1.807, 2.05) is 18.7 Å². The molecule has 1 amide bonds. The van der Waals surface area contributed by atoms with E-state index in [2.05, 4.69) is 38.0 Å². The molecular weight excluding hydrogens is 274 g/mol. The Balaban J connectivity index is 1.91. The van der Waals surface area contributed by atoms with E-state index in [0.717, 1.165) is 13.1 Å². The second kappa shape index (κ2) is 6.88. The topological polar surface area (TPSA) is 35.6 Å². The number of amides is 1.